The van der Waals surface area contributed by atoms with Crippen molar-refractivity contribution in [2.45, 2.75) is 25.6 Å². The van der Waals surface area contributed by atoms with Crippen LogP contribution in [0.25, 0.3) is 5.57 Å². The molecule has 0 aliphatic carbocycles. The highest BCUT2D eigenvalue weighted by Crippen LogP contribution is 2.38. The summed E-state index contributed by atoms with van der Waals surface area (Å²) in [6.07, 6.45) is -1.84. The Morgan fingerprint density at radius 2 is 1.81 bits per heavy atom. The number of rotatable bonds is 4. The highest BCUT2D eigenvalue weighted by molar-refractivity contribution is 6.04. The number of benzene rings is 2. The molecule has 8 heteroatoms. The van der Waals surface area contributed by atoms with Crippen molar-refractivity contribution < 1.29 is 27.4 Å². The number of halogens is 3. The van der Waals surface area contributed by atoms with Crippen molar-refractivity contribution in [1.82, 2.24) is 4.90 Å². The molecule has 1 saturated heterocycles. The second kappa shape index (κ2) is 9.75. The number of anilines is 1. The van der Waals surface area contributed by atoms with Crippen molar-refractivity contribution >= 4 is 17.2 Å². The van der Waals surface area contributed by atoms with Gasteiger partial charge in [0, 0.05) is 37.0 Å². The van der Waals surface area contributed by atoms with Crippen molar-refractivity contribution in [2.75, 3.05) is 38.2 Å². The maximum atomic E-state index is 13.0. The maximum absolute atomic E-state index is 13.0. The van der Waals surface area contributed by atoms with Crippen LogP contribution in [0.3, 0.4) is 0 Å². The molecule has 0 spiro atoms. The number of amides is 1. The molecule has 2 aromatic rings. The molecule has 170 valence electrons. The van der Waals surface area contributed by atoms with E-state index in [1.54, 1.807) is 0 Å². The Hall–Kier alpha value is -2.84. The van der Waals surface area contributed by atoms with E-state index >= 15 is 0 Å². The fraction of sp³-hybridized carbons (Fsp3) is 0.375. The second-order valence-electron chi connectivity index (χ2n) is 7.90. The number of fused-ring (bicyclic) bond motifs is 1. The lowest BCUT2D eigenvalue weighted by Gasteiger charge is -2.26. The van der Waals surface area contributed by atoms with Crippen LogP contribution in [-0.4, -0.2) is 43.7 Å². The number of hydrogen-bond acceptors (Lipinski definition) is 4. The van der Waals surface area contributed by atoms with Gasteiger partial charge >= 0.3 is 6.18 Å². The van der Waals surface area contributed by atoms with Crippen molar-refractivity contribution in [2.24, 2.45) is 0 Å². The molecule has 1 N–H and O–H groups in total. The monoisotopic (exact) mass is 446 g/mol. The molecular weight excluding hydrogens is 421 g/mol. The molecule has 0 bridgehead atoms. The average Bonchev–Trinajstić information content (AvgIpc) is 2.97. The third kappa shape index (κ3) is 5.69. The number of morpholine rings is 1. The molecule has 32 heavy (non-hydrogen) atoms. The van der Waals surface area contributed by atoms with E-state index in [1.165, 1.54) is 12.1 Å². The number of ether oxygens (including phenoxy) is 2. The Morgan fingerprint density at radius 1 is 1.06 bits per heavy atom. The molecule has 4 rings (SSSR count). The van der Waals surface area contributed by atoms with E-state index in [2.05, 4.69) is 10.2 Å². The Labute approximate surface area is 184 Å². The Balaban J connectivity index is 1.44. The molecule has 2 aliphatic heterocycles. The lowest BCUT2D eigenvalue weighted by Crippen LogP contribution is -2.35. The molecule has 0 unspecified atom stereocenters. The quantitative estimate of drug-likeness (QED) is 0.690. The molecule has 0 radical (unpaired) electrons. The Bertz CT molecular complexity index is 981. The maximum Gasteiger partial charge on any atom is 0.416 e. The van der Waals surface area contributed by atoms with Crippen LogP contribution < -0.4 is 10.1 Å². The molecule has 0 atom stereocenters. The summed E-state index contributed by atoms with van der Waals surface area (Å²) in [5.74, 6) is -0.169. The van der Waals surface area contributed by atoms with Crippen LogP contribution in [0.1, 0.15) is 29.5 Å². The summed E-state index contributed by atoms with van der Waals surface area (Å²) in [4.78, 5) is 14.9. The number of allylic oxidation sites excluding steroid dienone is 1. The van der Waals surface area contributed by atoms with Gasteiger partial charge in [-0.1, -0.05) is 18.2 Å². The van der Waals surface area contributed by atoms with Crippen LogP contribution in [0.5, 0.6) is 5.75 Å². The normalized spacial score (nSPS) is 18.5. The van der Waals surface area contributed by atoms with E-state index in [9.17, 15) is 18.0 Å². The first-order chi connectivity index (χ1) is 15.4. The first-order valence-electron chi connectivity index (χ1n) is 10.6. The predicted octanol–water partition coefficient (Wildman–Crippen LogP) is 4.73. The summed E-state index contributed by atoms with van der Waals surface area (Å²) in [7, 11) is 0. The largest absolute Gasteiger partial charge is 0.493 e. The second-order valence-corrected chi connectivity index (χ2v) is 7.90. The zero-order chi connectivity index (χ0) is 22.6. The van der Waals surface area contributed by atoms with Gasteiger partial charge in [0.25, 0.3) is 0 Å². The standard InChI is InChI=1S/C24H25F3N2O3/c25-24(26,27)19-5-8-21-18(2-1-11-32-22(21)15-19)14-23(30)28-20-6-3-17(4-7-20)16-29-9-12-31-13-10-29/h3-8,14-15H,1-2,9-13,16H2,(H,28,30)/b18-14+. The van der Waals surface area contributed by atoms with Crippen LogP contribution in [0.4, 0.5) is 18.9 Å². The highest BCUT2D eigenvalue weighted by atomic mass is 19.4. The zero-order valence-electron chi connectivity index (χ0n) is 17.6. The first-order valence-corrected chi connectivity index (χ1v) is 10.6. The predicted molar refractivity (Wildman–Crippen MR) is 115 cm³/mol. The number of carbonyl (C=O) groups is 1. The van der Waals surface area contributed by atoms with E-state index < -0.39 is 11.7 Å². The van der Waals surface area contributed by atoms with E-state index in [1.807, 2.05) is 24.3 Å². The van der Waals surface area contributed by atoms with Gasteiger partial charge in [-0.3, -0.25) is 9.69 Å². The van der Waals surface area contributed by atoms with Crippen molar-refractivity contribution in [3.63, 3.8) is 0 Å². The van der Waals surface area contributed by atoms with Gasteiger partial charge in [0.1, 0.15) is 5.75 Å². The third-order valence-corrected chi connectivity index (χ3v) is 5.54. The van der Waals surface area contributed by atoms with Gasteiger partial charge in [-0.15, -0.1) is 0 Å². The molecule has 5 nitrogen and oxygen atoms in total. The van der Waals surface area contributed by atoms with Gasteiger partial charge in [0.15, 0.2) is 0 Å². The van der Waals surface area contributed by atoms with Gasteiger partial charge in [0.2, 0.25) is 5.91 Å². The minimum absolute atomic E-state index is 0.156. The summed E-state index contributed by atoms with van der Waals surface area (Å²) in [5, 5.41) is 2.84. The molecule has 0 aromatic heterocycles. The molecule has 0 saturated carbocycles. The van der Waals surface area contributed by atoms with E-state index in [-0.39, 0.29) is 11.7 Å². The highest BCUT2D eigenvalue weighted by Gasteiger charge is 2.32. The van der Waals surface area contributed by atoms with Gasteiger partial charge in [0.05, 0.1) is 25.4 Å². The molecule has 1 fully saturated rings. The van der Waals surface area contributed by atoms with Crippen molar-refractivity contribution in [1.29, 1.82) is 0 Å². The smallest absolute Gasteiger partial charge is 0.416 e. The summed E-state index contributed by atoms with van der Waals surface area (Å²) in [6, 6.07) is 11.1. The average molecular weight is 446 g/mol. The summed E-state index contributed by atoms with van der Waals surface area (Å²) >= 11 is 0. The van der Waals surface area contributed by atoms with E-state index in [0.717, 1.165) is 50.5 Å². The van der Waals surface area contributed by atoms with Gasteiger partial charge < -0.3 is 14.8 Å². The summed E-state index contributed by atoms with van der Waals surface area (Å²) < 4.78 is 49.9. The first kappa shape index (κ1) is 22.4. The molecular formula is C24H25F3N2O3. The van der Waals surface area contributed by atoms with Crippen LogP contribution in [0.15, 0.2) is 48.5 Å². The van der Waals surface area contributed by atoms with Gasteiger partial charge in [-0.2, -0.15) is 13.2 Å². The fourth-order valence-electron chi connectivity index (χ4n) is 3.86. The minimum atomic E-state index is -4.44. The van der Waals surface area contributed by atoms with Crippen LogP contribution in [0, 0.1) is 0 Å². The lowest BCUT2D eigenvalue weighted by atomic mass is 9.99. The van der Waals surface area contributed by atoms with Crippen LogP contribution in [-0.2, 0) is 22.3 Å². The summed E-state index contributed by atoms with van der Waals surface area (Å²) in [6.45, 7) is 4.43. The third-order valence-electron chi connectivity index (χ3n) is 5.54. The van der Waals surface area contributed by atoms with Gasteiger partial charge in [-0.05, 0) is 48.2 Å². The number of alkyl halides is 3. The van der Waals surface area contributed by atoms with Gasteiger partial charge in [-0.25, -0.2) is 0 Å². The topological polar surface area (TPSA) is 50.8 Å². The molecule has 1 amide bonds. The van der Waals surface area contributed by atoms with Crippen LogP contribution >= 0.6 is 0 Å². The number of hydrogen-bond donors (Lipinski definition) is 1. The molecule has 2 aliphatic rings. The molecule has 2 aromatic carbocycles. The lowest BCUT2D eigenvalue weighted by molar-refractivity contribution is -0.137. The van der Waals surface area contributed by atoms with E-state index in [4.69, 9.17) is 9.47 Å². The Kier molecular flexibility index (Phi) is 6.81. The zero-order valence-corrected chi connectivity index (χ0v) is 17.6. The SMILES string of the molecule is O=C(/C=C1\CCCOc2cc(C(F)(F)F)ccc21)Nc1ccc(CN2CCOCC2)cc1. The number of carbonyl (C=O) groups excluding carboxylic acids is 1. The number of nitrogens with one attached hydrogen (secondary N) is 1. The van der Waals surface area contributed by atoms with Crippen molar-refractivity contribution in [3.05, 3.63) is 65.2 Å². The fourth-order valence-corrected chi connectivity index (χ4v) is 3.86. The van der Waals surface area contributed by atoms with Crippen molar-refractivity contribution in [3.8, 4) is 5.75 Å². The number of nitrogens with zero attached hydrogens (tertiary/aromatic N) is 1. The van der Waals surface area contributed by atoms with E-state index in [0.29, 0.717) is 36.3 Å². The minimum Gasteiger partial charge on any atom is -0.493 e. The Morgan fingerprint density at radius 3 is 2.53 bits per heavy atom. The molecule has 2 heterocycles. The van der Waals surface area contributed by atoms with Crippen LogP contribution in [0.2, 0.25) is 0 Å². The summed E-state index contributed by atoms with van der Waals surface area (Å²) in [5.41, 5.74) is 2.23.